The monoisotopic (exact) mass is 494 g/mol. The van der Waals surface area contributed by atoms with E-state index < -0.39 is 82.6 Å². The third-order valence-electron chi connectivity index (χ3n) is 5.54. The molecule has 0 spiro atoms. The van der Waals surface area contributed by atoms with Crippen LogP contribution in [-0.2, 0) is 4.74 Å². The predicted octanol–water partition coefficient (Wildman–Crippen LogP) is -0.530. The van der Waals surface area contributed by atoms with Crippen LogP contribution in [0.5, 0.6) is 34.5 Å². The van der Waals surface area contributed by atoms with E-state index in [2.05, 4.69) is 0 Å². The SMILES string of the molecule is COc1cc(-c2oc3cc(O)cc(O)c3c(=O)c2O[C@@H]2O[C@H](CO)[C@H](O)[C@H](O)[C@H]2O)cc(O)c1O. The summed E-state index contributed by atoms with van der Waals surface area (Å²) < 4.78 is 21.6. The van der Waals surface area contributed by atoms with Crippen LogP contribution < -0.4 is 14.9 Å². The Bertz CT molecular complexity index is 1320. The van der Waals surface area contributed by atoms with E-state index in [1.165, 1.54) is 13.2 Å². The minimum atomic E-state index is -1.88. The highest BCUT2D eigenvalue weighted by Crippen LogP contribution is 2.43. The number of aliphatic hydroxyl groups is 4. The molecule has 1 aromatic heterocycles. The minimum absolute atomic E-state index is 0.0708. The van der Waals surface area contributed by atoms with Gasteiger partial charge in [0.05, 0.1) is 13.7 Å². The second kappa shape index (κ2) is 9.13. The number of hydrogen-bond acceptors (Lipinski definition) is 13. The summed E-state index contributed by atoms with van der Waals surface area (Å²) in [6.07, 6.45) is -8.53. The normalized spacial score (nSPS) is 24.4. The summed E-state index contributed by atoms with van der Waals surface area (Å²) in [7, 11) is 1.20. The lowest BCUT2D eigenvalue weighted by Crippen LogP contribution is -2.60. The van der Waals surface area contributed by atoms with Gasteiger partial charge in [0.2, 0.25) is 23.2 Å². The van der Waals surface area contributed by atoms with E-state index in [9.17, 15) is 45.6 Å². The van der Waals surface area contributed by atoms with Crippen molar-refractivity contribution < 1.29 is 59.5 Å². The molecule has 8 N–H and O–H groups in total. The van der Waals surface area contributed by atoms with Gasteiger partial charge in [-0.15, -0.1) is 0 Å². The lowest BCUT2D eigenvalue weighted by molar-refractivity contribution is -0.277. The first-order valence-electron chi connectivity index (χ1n) is 10.2. The van der Waals surface area contributed by atoms with E-state index in [1.807, 2.05) is 0 Å². The number of fused-ring (bicyclic) bond motifs is 1. The molecule has 2 aromatic carbocycles. The fourth-order valence-corrected chi connectivity index (χ4v) is 3.73. The Balaban J connectivity index is 1.94. The summed E-state index contributed by atoms with van der Waals surface area (Å²) in [4.78, 5) is 13.4. The number of phenols is 4. The molecule has 0 amide bonds. The largest absolute Gasteiger partial charge is 0.508 e. The standard InChI is InChI=1S/C22H22O13/c1-32-12-3-7(2-10(26)15(12)27)20-21(17(29)14-9(25)4-8(24)5-11(14)33-20)35-22-19(31)18(30)16(28)13(6-23)34-22/h2-5,13,16,18-19,22-28,30-31H,6H2,1H3/t13-,16+,18+,19-,22+/m1/s1. The van der Waals surface area contributed by atoms with E-state index >= 15 is 0 Å². The second-order valence-electron chi connectivity index (χ2n) is 7.79. The summed E-state index contributed by atoms with van der Waals surface area (Å²) in [6, 6.07) is 4.10. The smallest absolute Gasteiger partial charge is 0.239 e. The zero-order chi connectivity index (χ0) is 25.6. The van der Waals surface area contributed by atoms with Crippen molar-refractivity contribution in [1.29, 1.82) is 0 Å². The van der Waals surface area contributed by atoms with E-state index in [1.54, 1.807) is 0 Å². The van der Waals surface area contributed by atoms with Crippen LogP contribution in [0.3, 0.4) is 0 Å². The van der Waals surface area contributed by atoms with Crippen molar-refractivity contribution in [2.24, 2.45) is 0 Å². The van der Waals surface area contributed by atoms with Gasteiger partial charge in [0, 0.05) is 17.7 Å². The van der Waals surface area contributed by atoms with Crippen molar-refractivity contribution in [3.8, 4) is 45.8 Å². The Morgan fingerprint density at radius 3 is 2.31 bits per heavy atom. The van der Waals surface area contributed by atoms with Crippen LogP contribution in [0, 0.1) is 0 Å². The molecule has 3 aromatic rings. The van der Waals surface area contributed by atoms with Crippen LogP contribution in [0.25, 0.3) is 22.3 Å². The predicted molar refractivity (Wildman–Crippen MR) is 116 cm³/mol. The van der Waals surface area contributed by atoms with Crippen molar-refractivity contribution in [1.82, 2.24) is 0 Å². The third kappa shape index (κ3) is 4.15. The summed E-state index contributed by atoms with van der Waals surface area (Å²) in [5.74, 6) is -3.64. The highest BCUT2D eigenvalue weighted by atomic mass is 16.7. The molecule has 1 aliphatic rings. The number of ether oxygens (including phenoxy) is 3. The maximum absolute atomic E-state index is 13.4. The van der Waals surface area contributed by atoms with Gasteiger partial charge in [0.1, 0.15) is 46.9 Å². The first-order chi connectivity index (χ1) is 16.6. The van der Waals surface area contributed by atoms with Crippen molar-refractivity contribution in [2.45, 2.75) is 30.7 Å². The van der Waals surface area contributed by atoms with Gasteiger partial charge in [-0.25, -0.2) is 0 Å². The molecule has 1 fully saturated rings. The summed E-state index contributed by atoms with van der Waals surface area (Å²) in [5, 5.41) is 79.5. The molecule has 13 nitrogen and oxygen atoms in total. The number of phenolic OH excluding ortho intramolecular Hbond substituents is 4. The number of aliphatic hydroxyl groups excluding tert-OH is 4. The molecule has 2 heterocycles. The zero-order valence-electron chi connectivity index (χ0n) is 18.0. The fourth-order valence-electron chi connectivity index (χ4n) is 3.73. The summed E-state index contributed by atoms with van der Waals surface area (Å²) >= 11 is 0. The average Bonchev–Trinajstić information content (AvgIpc) is 2.81. The maximum atomic E-state index is 13.4. The molecule has 4 rings (SSSR count). The van der Waals surface area contributed by atoms with Crippen molar-refractivity contribution in [2.75, 3.05) is 13.7 Å². The van der Waals surface area contributed by atoms with Gasteiger partial charge < -0.3 is 59.5 Å². The van der Waals surface area contributed by atoms with Crippen LogP contribution in [0.15, 0.2) is 33.5 Å². The van der Waals surface area contributed by atoms with Gasteiger partial charge in [-0.05, 0) is 12.1 Å². The maximum Gasteiger partial charge on any atom is 0.239 e. The second-order valence-corrected chi connectivity index (χ2v) is 7.79. The number of hydrogen-bond donors (Lipinski definition) is 8. The van der Waals surface area contributed by atoms with Crippen molar-refractivity contribution in [3.63, 3.8) is 0 Å². The molecule has 1 saturated heterocycles. The lowest BCUT2D eigenvalue weighted by Gasteiger charge is -2.39. The van der Waals surface area contributed by atoms with Gasteiger partial charge >= 0.3 is 0 Å². The average molecular weight is 494 g/mol. The quantitative estimate of drug-likeness (QED) is 0.209. The molecule has 188 valence electrons. The van der Waals surface area contributed by atoms with E-state index in [4.69, 9.17) is 18.6 Å². The van der Waals surface area contributed by atoms with Gasteiger partial charge in [0.15, 0.2) is 17.3 Å². The number of methoxy groups -OCH3 is 1. The molecule has 0 bridgehead atoms. The highest BCUT2D eigenvalue weighted by Gasteiger charge is 2.45. The molecule has 5 atom stereocenters. The van der Waals surface area contributed by atoms with Crippen LogP contribution in [0.2, 0.25) is 0 Å². The van der Waals surface area contributed by atoms with Gasteiger partial charge in [0.25, 0.3) is 0 Å². The third-order valence-corrected chi connectivity index (χ3v) is 5.54. The molecular weight excluding hydrogens is 472 g/mol. The molecule has 0 radical (unpaired) electrons. The van der Waals surface area contributed by atoms with Gasteiger partial charge in [-0.1, -0.05) is 0 Å². The van der Waals surface area contributed by atoms with E-state index in [0.29, 0.717) is 0 Å². The Morgan fingerprint density at radius 1 is 0.943 bits per heavy atom. The molecule has 13 heteroatoms. The molecule has 0 unspecified atom stereocenters. The lowest BCUT2D eigenvalue weighted by atomic mass is 9.99. The van der Waals surface area contributed by atoms with Crippen LogP contribution in [0.4, 0.5) is 0 Å². The summed E-state index contributed by atoms with van der Waals surface area (Å²) in [6.45, 7) is -0.757. The van der Waals surface area contributed by atoms with E-state index in [-0.39, 0.29) is 16.9 Å². The first kappa shape index (κ1) is 24.4. The fraction of sp³-hybridized carbons (Fsp3) is 0.318. The molecular formula is C22H22O13. The highest BCUT2D eigenvalue weighted by molar-refractivity contribution is 5.88. The van der Waals surface area contributed by atoms with Crippen LogP contribution >= 0.6 is 0 Å². The summed E-state index contributed by atoms with van der Waals surface area (Å²) in [5.41, 5.74) is -1.35. The Hall–Kier alpha value is -3.75. The first-order valence-corrected chi connectivity index (χ1v) is 10.2. The minimum Gasteiger partial charge on any atom is -0.508 e. The molecule has 0 aliphatic carbocycles. The Morgan fingerprint density at radius 2 is 1.66 bits per heavy atom. The van der Waals surface area contributed by atoms with Crippen LogP contribution in [0.1, 0.15) is 0 Å². The van der Waals surface area contributed by atoms with Crippen molar-refractivity contribution in [3.05, 3.63) is 34.5 Å². The van der Waals surface area contributed by atoms with Crippen molar-refractivity contribution >= 4 is 11.0 Å². The van der Waals surface area contributed by atoms with Gasteiger partial charge in [-0.2, -0.15) is 0 Å². The topological polar surface area (TPSA) is 220 Å². The zero-order valence-corrected chi connectivity index (χ0v) is 18.0. The molecule has 35 heavy (non-hydrogen) atoms. The Kier molecular flexibility index (Phi) is 6.36. The molecule has 1 aliphatic heterocycles. The Labute approximate surface area is 195 Å². The number of rotatable bonds is 5. The number of aromatic hydroxyl groups is 4. The number of benzene rings is 2. The van der Waals surface area contributed by atoms with E-state index in [0.717, 1.165) is 18.2 Å². The van der Waals surface area contributed by atoms with Gasteiger partial charge in [-0.3, -0.25) is 4.79 Å². The van der Waals surface area contributed by atoms with Crippen LogP contribution in [-0.4, -0.2) is 85.3 Å². The molecule has 0 saturated carbocycles.